The third-order valence-electron chi connectivity index (χ3n) is 3.84. The predicted octanol–water partition coefficient (Wildman–Crippen LogP) is 4.94. The number of imidazole rings is 1. The van der Waals surface area contributed by atoms with E-state index in [1.54, 1.807) is 0 Å². The molecule has 0 spiro atoms. The summed E-state index contributed by atoms with van der Waals surface area (Å²) in [6, 6.07) is 21.0. The van der Waals surface area contributed by atoms with Gasteiger partial charge in [-0.05, 0) is 12.0 Å². The highest BCUT2D eigenvalue weighted by Gasteiger charge is 2.10. The van der Waals surface area contributed by atoms with Crippen LogP contribution in [0.2, 0.25) is 0 Å². The van der Waals surface area contributed by atoms with Crippen molar-refractivity contribution in [1.82, 2.24) is 9.55 Å². The van der Waals surface area contributed by atoms with Crippen molar-refractivity contribution in [3.8, 4) is 11.4 Å². The summed E-state index contributed by atoms with van der Waals surface area (Å²) in [6.45, 7) is 3.26. The van der Waals surface area contributed by atoms with E-state index in [1.165, 1.54) is 24.0 Å². The zero-order valence-electron chi connectivity index (χ0n) is 13.1. The summed E-state index contributed by atoms with van der Waals surface area (Å²) in [4.78, 5) is 4.89. The topological polar surface area (TPSA) is 17.8 Å². The lowest BCUT2D eigenvalue weighted by molar-refractivity contribution is 0.636. The van der Waals surface area contributed by atoms with Crippen LogP contribution >= 0.6 is 0 Å². The highest BCUT2D eigenvalue weighted by Crippen LogP contribution is 2.21. The third kappa shape index (κ3) is 3.45. The van der Waals surface area contributed by atoms with Gasteiger partial charge in [0.15, 0.2) is 0 Å². The summed E-state index contributed by atoms with van der Waals surface area (Å²) in [5.41, 5.74) is 3.64. The van der Waals surface area contributed by atoms with Gasteiger partial charge in [-0.2, -0.15) is 0 Å². The lowest BCUT2D eigenvalue weighted by atomic mass is 10.1. The molecule has 0 fully saturated rings. The minimum absolute atomic E-state index is 0.889. The Hall–Kier alpha value is -2.35. The van der Waals surface area contributed by atoms with Crippen LogP contribution in [0.1, 0.15) is 31.0 Å². The molecule has 1 heterocycles. The van der Waals surface area contributed by atoms with Gasteiger partial charge in [-0.1, -0.05) is 74.0 Å². The Bertz CT molecular complexity index is 699. The summed E-state index contributed by atoms with van der Waals surface area (Å²) in [7, 11) is 0. The molecule has 0 bridgehead atoms. The monoisotopic (exact) mass is 290 g/mol. The Balaban J connectivity index is 1.90. The van der Waals surface area contributed by atoms with Crippen LogP contribution in [0.5, 0.6) is 0 Å². The minimum atomic E-state index is 0.889. The molecular weight excluding hydrogens is 268 g/mol. The highest BCUT2D eigenvalue weighted by molar-refractivity contribution is 5.56. The maximum Gasteiger partial charge on any atom is 0.140 e. The van der Waals surface area contributed by atoms with Crippen molar-refractivity contribution in [2.75, 3.05) is 0 Å². The van der Waals surface area contributed by atoms with E-state index in [2.05, 4.69) is 72.3 Å². The fourth-order valence-electron chi connectivity index (χ4n) is 2.68. The molecule has 1 aromatic heterocycles. The van der Waals surface area contributed by atoms with E-state index in [9.17, 15) is 0 Å². The third-order valence-corrected chi connectivity index (χ3v) is 3.84. The van der Waals surface area contributed by atoms with E-state index in [0.29, 0.717) is 0 Å². The fourth-order valence-corrected chi connectivity index (χ4v) is 2.68. The van der Waals surface area contributed by atoms with Crippen LogP contribution in [0.4, 0.5) is 0 Å². The zero-order valence-corrected chi connectivity index (χ0v) is 13.1. The van der Waals surface area contributed by atoms with Crippen molar-refractivity contribution in [2.45, 2.75) is 32.7 Å². The Morgan fingerprint density at radius 2 is 1.59 bits per heavy atom. The Kier molecular flexibility index (Phi) is 4.69. The first kappa shape index (κ1) is 14.6. The number of rotatable bonds is 6. The normalized spacial score (nSPS) is 10.8. The quantitative estimate of drug-likeness (QED) is 0.628. The molecule has 0 N–H and O–H groups in total. The van der Waals surface area contributed by atoms with E-state index in [1.807, 2.05) is 6.07 Å². The predicted molar refractivity (Wildman–Crippen MR) is 91.8 cm³/mol. The largest absolute Gasteiger partial charge is 0.331 e. The summed E-state index contributed by atoms with van der Waals surface area (Å²) in [6.07, 6.45) is 5.48. The van der Waals surface area contributed by atoms with Crippen molar-refractivity contribution >= 4 is 0 Å². The van der Waals surface area contributed by atoms with Gasteiger partial charge in [0.1, 0.15) is 5.82 Å². The molecular formula is C20H22N2. The molecule has 0 radical (unpaired) electrons. The molecule has 3 aromatic rings. The van der Waals surface area contributed by atoms with Gasteiger partial charge in [-0.25, -0.2) is 4.98 Å². The maximum atomic E-state index is 4.89. The molecule has 0 saturated heterocycles. The van der Waals surface area contributed by atoms with Crippen molar-refractivity contribution < 1.29 is 0 Å². The number of unbranched alkanes of at least 4 members (excludes halogenated alkanes) is 1. The van der Waals surface area contributed by atoms with Gasteiger partial charge in [-0.15, -0.1) is 0 Å². The van der Waals surface area contributed by atoms with Crippen LogP contribution in [-0.4, -0.2) is 9.55 Å². The van der Waals surface area contributed by atoms with Crippen LogP contribution < -0.4 is 0 Å². The second kappa shape index (κ2) is 7.08. The van der Waals surface area contributed by atoms with Crippen LogP contribution in [-0.2, 0) is 13.0 Å². The van der Waals surface area contributed by atoms with Gasteiger partial charge < -0.3 is 4.57 Å². The van der Waals surface area contributed by atoms with Gasteiger partial charge in [0.2, 0.25) is 0 Å². The number of aryl methyl sites for hydroxylation is 1. The highest BCUT2D eigenvalue weighted by atomic mass is 15.1. The summed E-state index contributed by atoms with van der Waals surface area (Å²) >= 11 is 0. The minimum Gasteiger partial charge on any atom is -0.331 e. The molecule has 0 atom stereocenters. The molecule has 2 nitrogen and oxygen atoms in total. The number of hydrogen-bond donors (Lipinski definition) is 0. The average Bonchev–Trinajstić information content (AvgIpc) is 2.97. The van der Waals surface area contributed by atoms with Crippen molar-refractivity contribution in [2.24, 2.45) is 0 Å². The Morgan fingerprint density at radius 1 is 0.909 bits per heavy atom. The molecule has 112 valence electrons. The summed E-state index contributed by atoms with van der Waals surface area (Å²) in [5, 5.41) is 0. The summed E-state index contributed by atoms with van der Waals surface area (Å²) in [5.74, 6) is 1.08. The first-order chi connectivity index (χ1) is 10.9. The Labute approximate surface area is 132 Å². The smallest absolute Gasteiger partial charge is 0.140 e. The van der Waals surface area contributed by atoms with Crippen LogP contribution in [0.15, 0.2) is 66.9 Å². The second-order valence-corrected chi connectivity index (χ2v) is 5.63. The number of benzene rings is 2. The molecule has 2 heteroatoms. The number of aromatic nitrogens is 2. The van der Waals surface area contributed by atoms with Gasteiger partial charge >= 0.3 is 0 Å². The first-order valence-electron chi connectivity index (χ1n) is 8.02. The molecule has 2 aromatic carbocycles. The molecule has 0 aliphatic rings. The van der Waals surface area contributed by atoms with Crippen LogP contribution in [0.25, 0.3) is 11.4 Å². The van der Waals surface area contributed by atoms with Gasteiger partial charge in [0, 0.05) is 24.7 Å². The molecule has 0 aliphatic carbocycles. The molecule has 0 saturated carbocycles. The fraction of sp³-hybridized carbons (Fsp3) is 0.250. The maximum absolute atomic E-state index is 4.89. The van der Waals surface area contributed by atoms with Crippen LogP contribution in [0, 0.1) is 0 Å². The standard InChI is InChI=1S/C20H22N2/c1-2-3-14-22-16-19(15-17-10-6-4-7-11-17)21-20(22)18-12-8-5-9-13-18/h4-13,16H,2-3,14-15H2,1H3. The first-order valence-corrected chi connectivity index (χ1v) is 8.02. The van der Waals surface area contributed by atoms with Crippen LogP contribution in [0.3, 0.4) is 0 Å². The number of hydrogen-bond acceptors (Lipinski definition) is 1. The van der Waals surface area contributed by atoms with Crippen molar-refractivity contribution in [3.63, 3.8) is 0 Å². The molecule has 22 heavy (non-hydrogen) atoms. The van der Waals surface area contributed by atoms with Crippen molar-refractivity contribution in [1.29, 1.82) is 0 Å². The van der Waals surface area contributed by atoms with E-state index >= 15 is 0 Å². The zero-order chi connectivity index (χ0) is 15.2. The molecule has 3 rings (SSSR count). The lowest BCUT2D eigenvalue weighted by Gasteiger charge is -2.06. The SMILES string of the molecule is CCCCn1cc(Cc2ccccc2)nc1-c1ccccc1. The Morgan fingerprint density at radius 3 is 2.27 bits per heavy atom. The van der Waals surface area contributed by atoms with E-state index < -0.39 is 0 Å². The molecule has 0 amide bonds. The summed E-state index contributed by atoms with van der Waals surface area (Å²) < 4.78 is 2.30. The van der Waals surface area contributed by atoms with E-state index in [0.717, 1.165) is 24.5 Å². The van der Waals surface area contributed by atoms with E-state index in [-0.39, 0.29) is 0 Å². The van der Waals surface area contributed by atoms with Gasteiger partial charge in [0.05, 0.1) is 5.69 Å². The average molecular weight is 290 g/mol. The second-order valence-electron chi connectivity index (χ2n) is 5.63. The molecule has 0 unspecified atom stereocenters. The van der Waals surface area contributed by atoms with Gasteiger partial charge in [-0.3, -0.25) is 0 Å². The molecule has 0 aliphatic heterocycles. The van der Waals surface area contributed by atoms with E-state index in [4.69, 9.17) is 4.98 Å². The lowest BCUT2D eigenvalue weighted by Crippen LogP contribution is -1.98. The van der Waals surface area contributed by atoms with Crippen molar-refractivity contribution in [3.05, 3.63) is 78.1 Å². The number of nitrogens with zero attached hydrogens (tertiary/aromatic N) is 2. The van der Waals surface area contributed by atoms with Gasteiger partial charge in [0.25, 0.3) is 0 Å².